The number of fused-ring (bicyclic) bond motifs is 4. The Hall–Kier alpha value is -2.38. The molecule has 5 rings (SSSR count). The van der Waals surface area contributed by atoms with Crippen LogP contribution in [0.2, 0.25) is 0 Å². The summed E-state index contributed by atoms with van der Waals surface area (Å²) in [6.07, 6.45) is -0.707. The summed E-state index contributed by atoms with van der Waals surface area (Å²) in [5.74, 6) is 0.658. The Balaban J connectivity index is 1.63. The van der Waals surface area contributed by atoms with E-state index in [2.05, 4.69) is 17.4 Å². The first-order valence-electron chi connectivity index (χ1n) is 9.06. The lowest BCUT2D eigenvalue weighted by atomic mass is 10.2. The van der Waals surface area contributed by atoms with Crippen LogP contribution in [0.4, 0.5) is 16.2 Å². The summed E-state index contributed by atoms with van der Waals surface area (Å²) in [5.41, 5.74) is 1.30. The van der Waals surface area contributed by atoms with E-state index in [-0.39, 0.29) is 6.17 Å². The molecule has 1 unspecified atom stereocenters. The van der Waals surface area contributed by atoms with Crippen LogP contribution in [0, 0.1) is 0 Å². The Morgan fingerprint density at radius 3 is 2.57 bits per heavy atom. The third-order valence-electron chi connectivity index (χ3n) is 4.45. The standard InChI is InChI=1S/C21H19N3O2S2/c1-21(2,3)26-20(25)24-18-16(27-14-10-6-4-8-12(14)22-18)17-19(24)23-13-9-5-7-11-15(13)28-17/h4-11,18,22H,1-3H3. The van der Waals surface area contributed by atoms with Crippen LogP contribution in [0.1, 0.15) is 20.8 Å². The van der Waals surface area contributed by atoms with E-state index in [9.17, 15) is 4.79 Å². The van der Waals surface area contributed by atoms with Crippen molar-refractivity contribution in [3.63, 3.8) is 0 Å². The van der Waals surface area contributed by atoms with Crippen molar-refractivity contribution in [2.75, 3.05) is 5.32 Å². The summed E-state index contributed by atoms with van der Waals surface area (Å²) >= 11 is 3.36. The third kappa shape index (κ3) is 2.89. The molecule has 0 aromatic heterocycles. The fourth-order valence-corrected chi connectivity index (χ4v) is 5.68. The van der Waals surface area contributed by atoms with Gasteiger partial charge in [-0.2, -0.15) is 0 Å². The second-order valence-electron chi connectivity index (χ2n) is 7.69. The molecule has 3 aliphatic heterocycles. The van der Waals surface area contributed by atoms with E-state index >= 15 is 0 Å². The van der Waals surface area contributed by atoms with E-state index < -0.39 is 11.7 Å². The predicted octanol–water partition coefficient (Wildman–Crippen LogP) is 5.83. The van der Waals surface area contributed by atoms with E-state index in [1.807, 2.05) is 57.2 Å². The largest absolute Gasteiger partial charge is 0.443 e. The van der Waals surface area contributed by atoms with Gasteiger partial charge in [-0.25, -0.2) is 14.7 Å². The summed E-state index contributed by atoms with van der Waals surface area (Å²) < 4.78 is 5.72. The number of amidine groups is 1. The Labute approximate surface area is 172 Å². The lowest BCUT2D eigenvalue weighted by Gasteiger charge is -2.33. The molecule has 0 aliphatic carbocycles. The van der Waals surface area contributed by atoms with Gasteiger partial charge >= 0.3 is 6.09 Å². The zero-order valence-corrected chi connectivity index (χ0v) is 17.4. The van der Waals surface area contributed by atoms with E-state index in [1.165, 1.54) is 0 Å². The van der Waals surface area contributed by atoms with Gasteiger partial charge in [-0.1, -0.05) is 47.8 Å². The minimum atomic E-state index is -0.583. The Morgan fingerprint density at radius 2 is 1.79 bits per heavy atom. The number of benzene rings is 2. The maximum atomic E-state index is 13.1. The highest BCUT2D eigenvalue weighted by molar-refractivity contribution is 8.07. The number of aliphatic imine (C=N–C) groups is 1. The Kier molecular flexibility index (Phi) is 4.00. The Morgan fingerprint density at radius 1 is 1.07 bits per heavy atom. The van der Waals surface area contributed by atoms with Crippen molar-refractivity contribution < 1.29 is 9.53 Å². The van der Waals surface area contributed by atoms with Gasteiger partial charge in [-0.3, -0.25) is 0 Å². The first kappa shape index (κ1) is 17.7. The molecule has 0 fully saturated rings. The molecule has 7 heteroatoms. The topological polar surface area (TPSA) is 53.9 Å². The van der Waals surface area contributed by atoms with Crippen LogP contribution in [0.15, 0.2) is 73.1 Å². The number of nitrogens with zero attached hydrogens (tertiary/aromatic N) is 2. The number of amides is 1. The van der Waals surface area contributed by atoms with E-state index in [1.54, 1.807) is 28.4 Å². The van der Waals surface area contributed by atoms with Gasteiger partial charge < -0.3 is 10.1 Å². The van der Waals surface area contributed by atoms with Crippen LogP contribution in [-0.4, -0.2) is 28.6 Å². The molecule has 5 nitrogen and oxygen atoms in total. The second-order valence-corrected chi connectivity index (χ2v) is 9.83. The molecule has 142 valence electrons. The molecule has 2 aromatic carbocycles. The summed E-state index contributed by atoms with van der Waals surface area (Å²) in [5, 5.41) is 3.51. The zero-order chi connectivity index (χ0) is 19.5. The first-order chi connectivity index (χ1) is 13.4. The average Bonchev–Trinajstić information content (AvgIpc) is 2.95. The fourth-order valence-electron chi connectivity index (χ4n) is 3.32. The molecule has 0 radical (unpaired) electrons. The molecule has 1 atom stereocenters. The number of hydrogen-bond donors (Lipinski definition) is 1. The van der Waals surface area contributed by atoms with Gasteiger partial charge in [-0.15, -0.1) is 0 Å². The summed E-state index contributed by atoms with van der Waals surface area (Å²) in [6, 6.07) is 16.1. The van der Waals surface area contributed by atoms with Gasteiger partial charge in [0.05, 0.1) is 21.2 Å². The number of hydrogen-bond acceptors (Lipinski definition) is 6. The van der Waals surface area contributed by atoms with Crippen LogP contribution < -0.4 is 5.32 Å². The molecule has 0 spiro atoms. The predicted molar refractivity (Wildman–Crippen MR) is 114 cm³/mol. The van der Waals surface area contributed by atoms with Gasteiger partial charge in [0.15, 0.2) is 5.84 Å². The SMILES string of the molecule is CC(C)(C)OC(=O)N1C2=Nc3ccccc3SC2=C2Sc3ccccc3NC21. The van der Waals surface area contributed by atoms with Crippen molar-refractivity contribution in [2.45, 2.75) is 42.3 Å². The minimum absolute atomic E-state index is 0.315. The highest BCUT2D eigenvalue weighted by atomic mass is 32.2. The van der Waals surface area contributed by atoms with Crippen molar-refractivity contribution in [1.29, 1.82) is 0 Å². The molecular formula is C21H19N3O2S2. The van der Waals surface area contributed by atoms with Crippen LogP contribution in [-0.2, 0) is 4.74 Å². The smallest absolute Gasteiger partial charge is 0.418 e. The highest BCUT2D eigenvalue weighted by Gasteiger charge is 2.47. The molecule has 0 saturated carbocycles. The lowest BCUT2D eigenvalue weighted by Crippen LogP contribution is -2.47. The quantitative estimate of drug-likeness (QED) is 0.593. The van der Waals surface area contributed by atoms with Crippen LogP contribution in [0.3, 0.4) is 0 Å². The van der Waals surface area contributed by atoms with E-state index in [4.69, 9.17) is 9.73 Å². The van der Waals surface area contributed by atoms with E-state index in [0.717, 1.165) is 31.0 Å². The van der Waals surface area contributed by atoms with Crippen molar-refractivity contribution in [1.82, 2.24) is 4.90 Å². The van der Waals surface area contributed by atoms with Gasteiger partial charge in [0, 0.05) is 9.79 Å². The normalized spacial score (nSPS) is 19.8. The molecule has 0 bridgehead atoms. The summed E-state index contributed by atoms with van der Waals surface area (Å²) in [7, 11) is 0. The maximum Gasteiger partial charge on any atom is 0.418 e. The number of carbonyl (C=O) groups excluding carboxylic acids is 1. The van der Waals surface area contributed by atoms with Gasteiger partial charge in [0.2, 0.25) is 0 Å². The van der Waals surface area contributed by atoms with Crippen molar-refractivity contribution >= 4 is 46.8 Å². The molecule has 3 aliphatic rings. The zero-order valence-electron chi connectivity index (χ0n) is 15.7. The fraction of sp³-hybridized carbons (Fsp3) is 0.238. The number of para-hydroxylation sites is 2. The second kappa shape index (κ2) is 6.32. The van der Waals surface area contributed by atoms with Crippen LogP contribution in [0.5, 0.6) is 0 Å². The third-order valence-corrected chi connectivity index (χ3v) is 6.98. The molecule has 1 amide bonds. The monoisotopic (exact) mass is 409 g/mol. The van der Waals surface area contributed by atoms with Crippen molar-refractivity contribution in [3.8, 4) is 0 Å². The Bertz CT molecular complexity index is 1060. The van der Waals surface area contributed by atoms with Crippen LogP contribution >= 0.6 is 23.5 Å². The van der Waals surface area contributed by atoms with Gasteiger partial charge in [0.1, 0.15) is 11.8 Å². The van der Waals surface area contributed by atoms with E-state index in [0.29, 0.717) is 5.84 Å². The number of anilines is 1. The summed E-state index contributed by atoms with van der Waals surface area (Å²) in [6.45, 7) is 5.63. The van der Waals surface area contributed by atoms with Crippen molar-refractivity contribution in [2.24, 2.45) is 4.99 Å². The molecule has 2 aromatic rings. The number of carbonyl (C=O) groups is 1. The minimum Gasteiger partial charge on any atom is -0.443 e. The molecule has 3 heterocycles. The van der Waals surface area contributed by atoms with Gasteiger partial charge in [-0.05, 0) is 45.0 Å². The molecular weight excluding hydrogens is 390 g/mol. The van der Waals surface area contributed by atoms with Gasteiger partial charge in [0.25, 0.3) is 0 Å². The molecule has 28 heavy (non-hydrogen) atoms. The number of nitrogens with one attached hydrogen (secondary N) is 1. The maximum absolute atomic E-state index is 13.1. The molecule has 1 N–H and O–H groups in total. The number of rotatable bonds is 0. The first-order valence-corrected chi connectivity index (χ1v) is 10.7. The van der Waals surface area contributed by atoms with Crippen molar-refractivity contribution in [3.05, 3.63) is 58.3 Å². The number of thioether (sulfide) groups is 2. The summed E-state index contributed by atoms with van der Waals surface area (Å²) in [4.78, 5) is 24.0. The lowest BCUT2D eigenvalue weighted by molar-refractivity contribution is 0.0355. The van der Waals surface area contributed by atoms with Crippen LogP contribution in [0.25, 0.3) is 0 Å². The number of ether oxygens (including phenoxy) is 1. The molecule has 0 saturated heterocycles. The average molecular weight is 410 g/mol. The highest BCUT2D eigenvalue weighted by Crippen LogP contribution is 2.53.